The maximum absolute atomic E-state index is 12.9. The molecule has 0 bridgehead atoms. The molecule has 1 fully saturated rings. The van der Waals surface area contributed by atoms with E-state index in [2.05, 4.69) is 10.0 Å². The highest BCUT2D eigenvalue weighted by Crippen LogP contribution is 2.37. The Labute approximate surface area is 151 Å². The molecule has 3 heterocycles. The van der Waals surface area contributed by atoms with Crippen molar-refractivity contribution in [2.24, 2.45) is 5.10 Å². The van der Waals surface area contributed by atoms with Gasteiger partial charge in [-0.25, -0.2) is 5.01 Å². The second-order valence-corrected chi connectivity index (χ2v) is 7.47. The van der Waals surface area contributed by atoms with Crippen molar-refractivity contribution in [1.29, 1.82) is 0 Å². The number of likely N-dealkylation sites (tertiary alicyclic amines) is 1. The predicted molar refractivity (Wildman–Crippen MR) is 98.8 cm³/mol. The quantitative estimate of drug-likeness (QED) is 0.916. The Morgan fingerprint density at radius 3 is 2.72 bits per heavy atom. The first-order chi connectivity index (χ1) is 12.2. The van der Waals surface area contributed by atoms with E-state index >= 15 is 0 Å². The number of hydrazone groups is 1. The van der Waals surface area contributed by atoms with Crippen LogP contribution in [0.15, 0.2) is 46.9 Å². The van der Waals surface area contributed by atoms with Gasteiger partial charge in [-0.1, -0.05) is 24.3 Å². The molecule has 25 heavy (non-hydrogen) atoms. The zero-order chi connectivity index (χ0) is 17.2. The fraction of sp³-hybridized carbons (Fsp3) is 0.368. The highest BCUT2D eigenvalue weighted by molar-refractivity contribution is 7.12. The van der Waals surface area contributed by atoms with E-state index in [4.69, 9.17) is 0 Å². The number of hydrogen-bond donors (Lipinski definition) is 1. The van der Waals surface area contributed by atoms with Crippen molar-refractivity contribution in [1.82, 2.24) is 9.91 Å². The fourth-order valence-corrected chi connectivity index (χ4v) is 4.27. The molecule has 5 nitrogen and oxygen atoms in total. The topological polar surface area (TPSA) is 56.1 Å². The Kier molecular flexibility index (Phi) is 4.55. The number of benzene rings is 1. The van der Waals surface area contributed by atoms with Crippen molar-refractivity contribution in [2.45, 2.75) is 25.3 Å². The molecule has 2 aromatic rings. The number of phenols is 1. The summed E-state index contributed by atoms with van der Waals surface area (Å²) >= 11 is 1.63. The lowest BCUT2D eigenvalue weighted by Gasteiger charge is -2.25. The number of nitrogens with zero attached hydrogens (tertiary/aromatic N) is 3. The number of carbonyl (C=O) groups is 1. The van der Waals surface area contributed by atoms with E-state index < -0.39 is 0 Å². The number of phenolic OH excluding ortho intramolecular Hbond substituents is 1. The normalized spacial score (nSPS) is 20.9. The van der Waals surface area contributed by atoms with Crippen LogP contribution in [0.3, 0.4) is 0 Å². The molecule has 1 aromatic heterocycles. The molecular weight excluding hydrogens is 334 g/mol. The number of carbonyl (C=O) groups excluding carboxylic acids is 1. The van der Waals surface area contributed by atoms with Gasteiger partial charge < -0.3 is 5.11 Å². The molecule has 4 rings (SSSR count). The number of rotatable bonds is 4. The van der Waals surface area contributed by atoms with Gasteiger partial charge in [0.15, 0.2) is 0 Å². The Balaban J connectivity index is 1.62. The van der Waals surface area contributed by atoms with Crippen LogP contribution in [-0.2, 0) is 4.79 Å². The summed E-state index contributed by atoms with van der Waals surface area (Å²) in [5.41, 5.74) is 1.67. The van der Waals surface area contributed by atoms with Gasteiger partial charge >= 0.3 is 0 Å². The molecule has 0 saturated carbocycles. The van der Waals surface area contributed by atoms with Gasteiger partial charge in [0, 0.05) is 12.0 Å². The van der Waals surface area contributed by atoms with E-state index in [1.807, 2.05) is 29.6 Å². The molecule has 1 saturated heterocycles. The van der Waals surface area contributed by atoms with Crippen molar-refractivity contribution in [3.63, 3.8) is 0 Å². The van der Waals surface area contributed by atoms with E-state index in [0.717, 1.165) is 42.1 Å². The maximum atomic E-state index is 12.9. The number of para-hydroxylation sites is 1. The van der Waals surface area contributed by atoms with Gasteiger partial charge in [0.1, 0.15) is 5.75 Å². The lowest BCUT2D eigenvalue weighted by Crippen LogP contribution is -2.36. The first-order valence-corrected chi connectivity index (χ1v) is 9.54. The minimum absolute atomic E-state index is 0.00158. The third kappa shape index (κ3) is 3.32. The Morgan fingerprint density at radius 2 is 2.00 bits per heavy atom. The highest BCUT2D eigenvalue weighted by atomic mass is 32.1. The molecule has 2 aliphatic heterocycles. The van der Waals surface area contributed by atoms with Gasteiger partial charge in [0.05, 0.1) is 23.2 Å². The van der Waals surface area contributed by atoms with Gasteiger partial charge in [-0.3, -0.25) is 9.69 Å². The Hall–Kier alpha value is -2.18. The number of amides is 1. The molecule has 1 N–H and O–H groups in total. The van der Waals surface area contributed by atoms with Crippen molar-refractivity contribution in [2.75, 3.05) is 19.6 Å². The van der Waals surface area contributed by atoms with Gasteiger partial charge in [-0.15, -0.1) is 11.3 Å². The average Bonchev–Trinajstić information content (AvgIpc) is 3.36. The number of aromatic hydroxyl groups is 1. The molecule has 130 valence electrons. The van der Waals surface area contributed by atoms with Crippen molar-refractivity contribution < 1.29 is 9.90 Å². The molecule has 1 amide bonds. The molecule has 1 atom stereocenters. The number of thiophene rings is 1. The van der Waals surface area contributed by atoms with Crippen LogP contribution in [0.5, 0.6) is 5.75 Å². The molecule has 0 radical (unpaired) electrons. The Bertz CT molecular complexity index is 782. The second-order valence-electron chi connectivity index (χ2n) is 6.52. The second kappa shape index (κ2) is 6.98. The third-order valence-corrected chi connectivity index (χ3v) is 5.74. The van der Waals surface area contributed by atoms with Crippen LogP contribution < -0.4 is 0 Å². The smallest absolute Gasteiger partial charge is 0.257 e. The number of hydrogen-bond acceptors (Lipinski definition) is 5. The summed E-state index contributed by atoms with van der Waals surface area (Å²) in [6, 6.07) is 11.0. The van der Waals surface area contributed by atoms with E-state index in [0.29, 0.717) is 13.0 Å². The monoisotopic (exact) mass is 355 g/mol. The summed E-state index contributed by atoms with van der Waals surface area (Å²) in [7, 11) is 0. The van der Waals surface area contributed by atoms with Gasteiger partial charge in [0.25, 0.3) is 5.91 Å². The van der Waals surface area contributed by atoms with Crippen LogP contribution in [0.1, 0.15) is 35.7 Å². The molecule has 0 spiro atoms. The van der Waals surface area contributed by atoms with E-state index in [1.165, 1.54) is 0 Å². The van der Waals surface area contributed by atoms with Crippen LogP contribution in [0, 0.1) is 0 Å². The lowest BCUT2D eigenvalue weighted by atomic mass is 10.00. The third-order valence-electron chi connectivity index (χ3n) is 4.82. The highest BCUT2D eigenvalue weighted by Gasteiger charge is 2.35. The summed E-state index contributed by atoms with van der Waals surface area (Å²) in [6.45, 7) is 2.34. The van der Waals surface area contributed by atoms with Gasteiger partial charge in [-0.05, 0) is 43.4 Å². The summed E-state index contributed by atoms with van der Waals surface area (Å²) in [5, 5.41) is 18.5. The van der Waals surface area contributed by atoms with E-state index in [1.54, 1.807) is 28.5 Å². The van der Waals surface area contributed by atoms with Crippen LogP contribution in [0.2, 0.25) is 0 Å². The van der Waals surface area contributed by atoms with Crippen molar-refractivity contribution in [3.8, 4) is 5.75 Å². The molecule has 0 unspecified atom stereocenters. The molecule has 6 heteroatoms. The standard InChI is InChI=1S/C19H21N3O2S/c23-17-7-2-1-6-14(17)16-12-15(18-8-5-11-25-18)20-22(16)19(24)13-21-9-3-4-10-21/h1-2,5-8,11,16,23H,3-4,9-10,12-13H2/t16-/m1/s1. The SMILES string of the molecule is O=C(CN1CCCC1)N1N=C(c2cccs2)C[C@@H]1c1ccccc1O. The first kappa shape index (κ1) is 16.3. The van der Waals surface area contributed by atoms with Crippen molar-refractivity contribution >= 4 is 23.0 Å². The maximum Gasteiger partial charge on any atom is 0.257 e. The lowest BCUT2D eigenvalue weighted by molar-refractivity contribution is -0.134. The first-order valence-electron chi connectivity index (χ1n) is 8.66. The van der Waals surface area contributed by atoms with Crippen LogP contribution in [-0.4, -0.2) is 46.3 Å². The fourth-order valence-electron chi connectivity index (χ4n) is 3.55. The summed E-state index contributed by atoms with van der Waals surface area (Å²) in [6.07, 6.45) is 2.93. The van der Waals surface area contributed by atoms with Gasteiger partial charge in [0.2, 0.25) is 0 Å². The van der Waals surface area contributed by atoms with Crippen LogP contribution >= 0.6 is 11.3 Å². The molecule has 1 aromatic carbocycles. The van der Waals surface area contributed by atoms with E-state index in [9.17, 15) is 9.90 Å². The zero-order valence-electron chi connectivity index (χ0n) is 14.0. The molecule has 2 aliphatic rings. The minimum Gasteiger partial charge on any atom is -0.508 e. The van der Waals surface area contributed by atoms with Crippen molar-refractivity contribution in [3.05, 3.63) is 52.2 Å². The summed E-state index contributed by atoms with van der Waals surface area (Å²) in [5.74, 6) is 0.218. The van der Waals surface area contributed by atoms with Crippen LogP contribution in [0.4, 0.5) is 0 Å². The van der Waals surface area contributed by atoms with Crippen LogP contribution in [0.25, 0.3) is 0 Å². The molecule has 0 aliphatic carbocycles. The summed E-state index contributed by atoms with van der Waals surface area (Å²) < 4.78 is 0. The largest absolute Gasteiger partial charge is 0.508 e. The average molecular weight is 355 g/mol. The molecular formula is C19H21N3O2S. The van der Waals surface area contributed by atoms with E-state index in [-0.39, 0.29) is 17.7 Å². The summed E-state index contributed by atoms with van der Waals surface area (Å²) in [4.78, 5) is 16.2. The predicted octanol–water partition coefficient (Wildman–Crippen LogP) is 3.23. The Morgan fingerprint density at radius 1 is 1.20 bits per heavy atom. The zero-order valence-corrected chi connectivity index (χ0v) is 14.8. The van der Waals surface area contributed by atoms with Gasteiger partial charge in [-0.2, -0.15) is 5.10 Å². The minimum atomic E-state index is -0.242.